The molecule has 0 aromatic carbocycles. The number of oxime groups is 1. The Labute approximate surface area is 42.3 Å². The van der Waals surface area contributed by atoms with Gasteiger partial charge in [-0.25, -0.2) is 0 Å². The van der Waals surface area contributed by atoms with Gasteiger partial charge in [-0.05, 0) is 12.1 Å². The number of hydroxylamine groups is 1. The lowest BCUT2D eigenvalue weighted by molar-refractivity contribution is 0.0640. The minimum Gasteiger partial charge on any atom is -0.385 e. The summed E-state index contributed by atoms with van der Waals surface area (Å²) in [5.74, 6) is 0.398. The summed E-state index contributed by atoms with van der Waals surface area (Å²) in [6.45, 7) is 1.64. The summed E-state index contributed by atoms with van der Waals surface area (Å²) in [7, 11) is 1.60. The molecule has 0 heterocycles. The highest BCUT2D eigenvalue weighted by Crippen LogP contribution is 1.64. The molecule has 4 nitrogen and oxygen atoms in total. The molecule has 42 valence electrons. The van der Waals surface area contributed by atoms with Crippen molar-refractivity contribution < 1.29 is 4.94 Å². The highest BCUT2D eigenvalue weighted by molar-refractivity contribution is 5.76. The zero-order valence-electron chi connectivity index (χ0n) is 4.43. The van der Waals surface area contributed by atoms with Crippen LogP contribution in [0.15, 0.2) is 5.16 Å². The lowest BCUT2D eigenvalue weighted by Gasteiger charge is -1.90. The van der Waals surface area contributed by atoms with Crippen molar-refractivity contribution in [3.8, 4) is 0 Å². The molecule has 0 radical (unpaired) electrons. The van der Waals surface area contributed by atoms with Crippen LogP contribution in [0.4, 0.5) is 0 Å². The number of hydrogen-bond donors (Lipinski definition) is 2. The molecule has 0 bridgehead atoms. The molecular weight excluding hydrogens is 94.1 g/mol. The normalized spacial score (nSPS) is 11.4. The van der Waals surface area contributed by atoms with Gasteiger partial charge in [0.2, 0.25) is 0 Å². The molecule has 7 heavy (non-hydrogen) atoms. The average molecular weight is 103 g/mol. The third kappa shape index (κ3) is 5.23. The monoisotopic (exact) mass is 103 g/mol. The Bertz CT molecular complexity index is 66.6. The quantitative estimate of drug-likeness (QED) is 0.279. The summed E-state index contributed by atoms with van der Waals surface area (Å²) >= 11 is 0. The Balaban J connectivity index is 3.08. The van der Waals surface area contributed by atoms with Crippen LogP contribution in [-0.4, -0.2) is 12.9 Å². The maximum Gasteiger partial charge on any atom is 0.138 e. The van der Waals surface area contributed by atoms with E-state index in [0.29, 0.717) is 5.84 Å². The molecule has 4 heteroatoms. The highest BCUT2D eigenvalue weighted by atomic mass is 16.8. The van der Waals surface area contributed by atoms with E-state index in [-0.39, 0.29) is 0 Å². The summed E-state index contributed by atoms with van der Waals surface area (Å²) in [4.78, 5) is 4.31. The zero-order chi connectivity index (χ0) is 5.70. The molecule has 0 aliphatic heterocycles. The molecule has 0 aliphatic rings. The van der Waals surface area contributed by atoms with Crippen molar-refractivity contribution in [1.82, 2.24) is 5.48 Å². The van der Waals surface area contributed by atoms with Crippen LogP contribution < -0.4 is 11.2 Å². The highest BCUT2D eigenvalue weighted by Gasteiger charge is 1.72. The van der Waals surface area contributed by atoms with Gasteiger partial charge in [0.05, 0.1) is 0 Å². The predicted molar refractivity (Wildman–Crippen MR) is 27.4 cm³/mol. The molecule has 0 aromatic heterocycles. The molecule has 0 unspecified atom stereocenters. The predicted octanol–water partition coefficient (Wildman–Crippen LogP) is -0.571. The van der Waals surface area contributed by atoms with Gasteiger partial charge >= 0.3 is 0 Å². The summed E-state index contributed by atoms with van der Waals surface area (Å²) in [6.07, 6.45) is 0. The zero-order valence-corrected chi connectivity index (χ0v) is 4.43. The van der Waals surface area contributed by atoms with Gasteiger partial charge in [0.25, 0.3) is 0 Å². The first-order chi connectivity index (χ1) is 3.27. The topological polar surface area (TPSA) is 59.6 Å². The Kier molecular flexibility index (Phi) is 3.04. The second kappa shape index (κ2) is 3.42. The van der Waals surface area contributed by atoms with Crippen molar-refractivity contribution in [3.63, 3.8) is 0 Å². The van der Waals surface area contributed by atoms with Gasteiger partial charge in [-0.1, -0.05) is 0 Å². The van der Waals surface area contributed by atoms with Gasteiger partial charge in [0.1, 0.15) is 5.84 Å². The van der Waals surface area contributed by atoms with E-state index in [0.717, 1.165) is 0 Å². The number of nitrogens with one attached hydrogen (secondary N) is 1. The van der Waals surface area contributed by atoms with Gasteiger partial charge in [-0.15, -0.1) is 5.48 Å². The molecule has 0 saturated heterocycles. The maximum absolute atomic E-state index is 5.06. The maximum atomic E-state index is 5.06. The first-order valence-corrected chi connectivity index (χ1v) is 1.90. The molecule has 0 saturated carbocycles. The van der Waals surface area contributed by atoms with E-state index < -0.39 is 0 Å². The van der Waals surface area contributed by atoms with Gasteiger partial charge in [-0.2, -0.15) is 0 Å². The van der Waals surface area contributed by atoms with Gasteiger partial charge in [0, 0.05) is 7.05 Å². The van der Waals surface area contributed by atoms with Crippen LogP contribution in [0.2, 0.25) is 0 Å². The third-order valence-electron chi connectivity index (χ3n) is 0.281. The number of rotatable bonds is 2. The van der Waals surface area contributed by atoms with Crippen LogP contribution in [0.5, 0.6) is 0 Å². The minimum absolute atomic E-state index is 0.398. The largest absolute Gasteiger partial charge is 0.385 e. The molecule has 0 atom stereocenters. The van der Waals surface area contributed by atoms with Crippen molar-refractivity contribution in [3.05, 3.63) is 0 Å². The smallest absolute Gasteiger partial charge is 0.138 e. The van der Waals surface area contributed by atoms with Crippen LogP contribution in [-0.2, 0) is 4.94 Å². The number of nitrogens with two attached hydrogens (primary N) is 1. The van der Waals surface area contributed by atoms with Crippen molar-refractivity contribution in [2.45, 2.75) is 6.92 Å². The van der Waals surface area contributed by atoms with Gasteiger partial charge < -0.3 is 5.73 Å². The standard InChI is InChI=1S/C3H9N3O/c1-3(4)6-7-5-2/h5H,1-2H3,(H2,4,6). The van der Waals surface area contributed by atoms with Crippen LogP contribution in [0.1, 0.15) is 6.92 Å². The SMILES string of the molecule is CNO/N=C(/C)N. The van der Waals surface area contributed by atoms with E-state index in [1.165, 1.54) is 0 Å². The van der Waals surface area contributed by atoms with E-state index in [4.69, 9.17) is 5.73 Å². The van der Waals surface area contributed by atoms with E-state index >= 15 is 0 Å². The summed E-state index contributed by atoms with van der Waals surface area (Å²) in [5.41, 5.74) is 7.40. The third-order valence-corrected chi connectivity index (χ3v) is 0.281. The van der Waals surface area contributed by atoms with Crippen molar-refractivity contribution in [2.24, 2.45) is 10.9 Å². The summed E-state index contributed by atoms with van der Waals surface area (Å²) < 4.78 is 0. The van der Waals surface area contributed by atoms with Gasteiger partial charge in [0.15, 0.2) is 0 Å². The van der Waals surface area contributed by atoms with E-state index in [9.17, 15) is 0 Å². The van der Waals surface area contributed by atoms with Crippen LogP contribution in [0.25, 0.3) is 0 Å². The average Bonchev–Trinajstić information content (AvgIpc) is 1.61. The molecule has 0 spiro atoms. The Morgan fingerprint density at radius 1 is 1.86 bits per heavy atom. The summed E-state index contributed by atoms with van der Waals surface area (Å²) in [6, 6.07) is 0. The van der Waals surface area contributed by atoms with Crippen LogP contribution in [0, 0.1) is 0 Å². The molecule has 0 aliphatic carbocycles. The lowest BCUT2D eigenvalue weighted by atomic mass is 10.7. The summed E-state index contributed by atoms with van der Waals surface area (Å²) in [5, 5.41) is 3.33. The number of amidine groups is 1. The number of hydrogen-bond acceptors (Lipinski definition) is 3. The first-order valence-electron chi connectivity index (χ1n) is 1.90. The fourth-order valence-corrected chi connectivity index (χ4v) is 0.118. The molecular formula is C3H9N3O. The fraction of sp³-hybridized carbons (Fsp3) is 0.667. The molecule has 0 fully saturated rings. The van der Waals surface area contributed by atoms with Crippen molar-refractivity contribution in [2.75, 3.05) is 7.05 Å². The van der Waals surface area contributed by atoms with E-state index in [1.807, 2.05) is 0 Å². The number of nitrogens with zero attached hydrogens (tertiary/aromatic N) is 1. The minimum atomic E-state index is 0.398. The van der Waals surface area contributed by atoms with E-state index in [2.05, 4.69) is 15.6 Å². The Morgan fingerprint density at radius 2 is 2.43 bits per heavy atom. The van der Waals surface area contributed by atoms with Crippen molar-refractivity contribution >= 4 is 5.84 Å². The Morgan fingerprint density at radius 3 is 2.57 bits per heavy atom. The second-order valence-electron chi connectivity index (χ2n) is 1.03. The molecule has 0 rings (SSSR count). The lowest BCUT2D eigenvalue weighted by Crippen LogP contribution is -2.10. The second-order valence-corrected chi connectivity index (χ2v) is 1.03. The van der Waals surface area contributed by atoms with E-state index in [1.54, 1.807) is 14.0 Å². The Hall–Kier alpha value is -0.770. The fourth-order valence-electron chi connectivity index (χ4n) is 0.118. The molecule has 0 aromatic rings. The molecule has 3 N–H and O–H groups in total. The van der Waals surface area contributed by atoms with Gasteiger partial charge in [-0.3, -0.25) is 4.94 Å². The molecule has 0 amide bonds. The van der Waals surface area contributed by atoms with Crippen molar-refractivity contribution in [1.29, 1.82) is 0 Å². The first kappa shape index (κ1) is 6.23. The van der Waals surface area contributed by atoms with Crippen LogP contribution >= 0.6 is 0 Å². The van der Waals surface area contributed by atoms with Crippen LogP contribution in [0.3, 0.4) is 0 Å².